The lowest BCUT2D eigenvalue weighted by molar-refractivity contribution is 0.234. The topological polar surface area (TPSA) is 67.5 Å². The molecule has 90 valence electrons. The maximum Gasteiger partial charge on any atom is 0.123 e. The van der Waals surface area contributed by atoms with Gasteiger partial charge in [-0.05, 0) is 26.8 Å². The zero-order valence-corrected chi connectivity index (χ0v) is 10.1. The van der Waals surface area contributed by atoms with Gasteiger partial charge in [0.05, 0.1) is 18.8 Å². The molecule has 0 heterocycles. The van der Waals surface area contributed by atoms with Crippen LogP contribution in [0.2, 0.25) is 0 Å². The summed E-state index contributed by atoms with van der Waals surface area (Å²) in [6.45, 7) is 6.40. The van der Waals surface area contributed by atoms with Crippen LogP contribution in [-0.4, -0.2) is 23.9 Å². The first-order valence-electron chi connectivity index (χ1n) is 5.39. The molecule has 0 amide bonds. The van der Waals surface area contributed by atoms with Gasteiger partial charge in [0, 0.05) is 23.5 Å². The van der Waals surface area contributed by atoms with Gasteiger partial charge >= 0.3 is 0 Å². The standard InChI is InChI=1S/C12H20N2O2/c1-4-16-11-6-9(13)5-10(7-11)14-12(2,3)8-15/h5-7,14-15H,4,8,13H2,1-3H3. The summed E-state index contributed by atoms with van der Waals surface area (Å²) in [4.78, 5) is 0. The van der Waals surface area contributed by atoms with Gasteiger partial charge in [-0.2, -0.15) is 0 Å². The van der Waals surface area contributed by atoms with Gasteiger partial charge in [0.15, 0.2) is 0 Å². The molecule has 16 heavy (non-hydrogen) atoms. The summed E-state index contributed by atoms with van der Waals surface area (Å²) < 4.78 is 5.39. The number of aliphatic hydroxyl groups excluding tert-OH is 1. The average Bonchev–Trinajstić information content (AvgIpc) is 2.16. The fourth-order valence-corrected chi connectivity index (χ4v) is 1.37. The maximum atomic E-state index is 9.17. The van der Waals surface area contributed by atoms with E-state index in [2.05, 4.69) is 5.32 Å². The zero-order chi connectivity index (χ0) is 12.2. The zero-order valence-electron chi connectivity index (χ0n) is 10.1. The molecule has 0 unspecified atom stereocenters. The first kappa shape index (κ1) is 12.6. The Kier molecular flexibility index (Phi) is 4.01. The van der Waals surface area contributed by atoms with Gasteiger partial charge in [-0.1, -0.05) is 0 Å². The predicted octanol–water partition coefficient (Wildman–Crippen LogP) is 1.85. The number of benzene rings is 1. The quantitative estimate of drug-likeness (QED) is 0.668. The minimum atomic E-state index is -0.378. The summed E-state index contributed by atoms with van der Waals surface area (Å²) in [7, 11) is 0. The van der Waals surface area contributed by atoms with Crippen LogP contribution in [0.1, 0.15) is 20.8 Å². The number of rotatable bonds is 5. The van der Waals surface area contributed by atoms with E-state index < -0.39 is 0 Å². The van der Waals surface area contributed by atoms with Crippen molar-refractivity contribution in [2.45, 2.75) is 26.3 Å². The molecule has 0 saturated heterocycles. The Balaban J connectivity index is 2.87. The molecule has 0 saturated carbocycles. The van der Waals surface area contributed by atoms with Crippen LogP contribution in [0.5, 0.6) is 5.75 Å². The number of nitrogens with two attached hydrogens (primary N) is 1. The third kappa shape index (κ3) is 3.62. The smallest absolute Gasteiger partial charge is 0.123 e. The van der Waals surface area contributed by atoms with E-state index in [1.165, 1.54) is 0 Å². The third-order valence-electron chi connectivity index (χ3n) is 2.12. The van der Waals surface area contributed by atoms with Crippen molar-refractivity contribution >= 4 is 11.4 Å². The van der Waals surface area contributed by atoms with Gasteiger partial charge in [0.1, 0.15) is 5.75 Å². The van der Waals surface area contributed by atoms with Crippen LogP contribution >= 0.6 is 0 Å². The Hall–Kier alpha value is -1.42. The molecule has 1 aromatic rings. The van der Waals surface area contributed by atoms with Crippen LogP contribution in [0.15, 0.2) is 18.2 Å². The second-order valence-corrected chi connectivity index (χ2v) is 4.39. The normalized spacial score (nSPS) is 11.2. The van der Waals surface area contributed by atoms with Crippen molar-refractivity contribution < 1.29 is 9.84 Å². The summed E-state index contributed by atoms with van der Waals surface area (Å²) in [5, 5.41) is 12.4. The van der Waals surface area contributed by atoms with Crippen LogP contribution in [-0.2, 0) is 0 Å². The van der Waals surface area contributed by atoms with Crippen molar-refractivity contribution in [2.75, 3.05) is 24.3 Å². The van der Waals surface area contributed by atoms with Crippen LogP contribution in [0.4, 0.5) is 11.4 Å². The van der Waals surface area contributed by atoms with E-state index in [-0.39, 0.29) is 12.1 Å². The minimum Gasteiger partial charge on any atom is -0.494 e. The molecule has 0 bridgehead atoms. The maximum absolute atomic E-state index is 9.17. The summed E-state index contributed by atoms with van der Waals surface area (Å²) in [6.07, 6.45) is 0. The largest absolute Gasteiger partial charge is 0.494 e. The molecule has 0 radical (unpaired) electrons. The van der Waals surface area contributed by atoms with Crippen LogP contribution in [0.3, 0.4) is 0 Å². The Bertz CT molecular complexity index is 351. The van der Waals surface area contributed by atoms with Gasteiger partial charge in [0.2, 0.25) is 0 Å². The van der Waals surface area contributed by atoms with Crippen LogP contribution in [0.25, 0.3) is 0 Å². The van der Waals surface area contributed by atoms with E-state index in [9.17, 15) is 5.11 Å². The summed E-state index contributed by atoms with van der Waals surface area (Å²) in [5.74, 6) is 0.735. The Morgan fingerprint density at radius 1 is 1.38 bits per heavy atom. The first-order chi connectivity index (χ1) is 7.46. The van der Waals surface area contributed by atoms with E-state index in [1.807, 2.05) is 32.9 Å². The fraction of sp³-hybridized carbons (Fsp3) is 0.500. The molecular formula is C12H20N2O2. The second kappa shape index (κ2) is 5.07. The summed E-state index contributed by atoms with van der Waals surface area (Å²) >= 11 is 0. The predicted molar refractivity (Wildman–Crippen MR) is 66.8 cm³/mol. The van der Waals surface area contributed by atoms with Crippen molar-refractivity contribution in [3.63, 3.8) is 0 Å². The van der Waals surface area contributed by atoms with Gasteiger partial charge in [0.25, 0.3) is 0 Å². The minimum absolute atomic E-state index is 0.0474. The van der Waals surface area contributed by atoms with E-state index in [0.717, 1.165) is 11.4 Å². The van der Waals surface area contributed by atoms with Crippen LogP contribution < -0.4 is 15.8 Å². The number of ether oxygens (including phenoxy) is 1. The Morgan fingerprint density at radius 3 is 2.62 bits per heavy atom. The molecule has 0 aliphatic carbocycles. The van der Waals surface area contributed by atoms with Gasteiger partial charge < -0.3 is 20.9 Å². The third-order valence-corrected chi connectivity index (χ3v) is 2.12. The molecule has 0 aliphatic heterocycles. The average molecular weight is 224 g/mol. The molecule has 0 aromatic heterocycles. The van der Waals surface area contributed by atoms with Crippen molar-refractivity contribution in [3.05, 3.63) is 18.2 Å². The highest BCUT2D eigenvalue weighted by Crippen LogP contribution is 2.24. The SMILES string of the molecule is CCOc1cc(N)cc(NC(C)(C)CO)c1. The Labute approximate surface area is 96.4 Å². The van der Waals surface area contributed by atoms with Crippen molar-refractivity contribution in [3.8, 4) is 5.75 Å². The molecule has 4 heteroatoms. The first-order valence-corrected chi connectivity index (χ1v) is 5.39. The molecule has 1 aromatic carbocycles. The highest BCUT2D eigenvalue weighted by molar-refractivity contribution is 5.60. The molecule has 4 N–H and O–H groups in total. The lowest BCUT2D eigenvalue weighted by Crippen LogP contribution is -2.34. The molecule has 4 nitrogen and oxygen atoms in total. The molecular weight excluding hydrogens is 204 g/mol. The second-order valence-electron chi connectivity index (χ2n) is 4.39. The van der Waals surface area contributed by atoms with Crippen molar-refractivity contribution in [1.82, 2.24) is 0 Å². The van der Waals surface area contributed by atoms with E-state index in [4.69, 9.17) is 10.5 Å². The van der Waals surface area contributed by atoms with Crippen molar-refractivity contribution in [1.29, 1.82) is 0 Å². The molecule has 1 rings (SSSR count). The highest BCUT2D eigenvalue weighted by atomic mass is 16.5. The lowest BCUT2D eigenvalue weighted by Gasteiger charge is -2.25. The monoisotopic (exact) mass is 224 g/mol. The number of hydrogen-bond donors (Lipinski definition) is 3. The lowest BCUT2D eigenvalue weighted by atomic mass is 10.1. The van der Waals surface area contributed by atoms with E-state index >= 15 is 0 Å². The molecule has 0 aliphatic rings. The van der Waals surface area contributed by atoms with Gasteiger partial charge in [-0.3, -0.25) is 0 Å². The number of anilines is 2. The molecule has 0 atom stereocenters. The molecule has 0 spiro atoms. The van der Waals surface area contributed by atoms with Gasteiger partial charge in [-0.25, -0.2) is 0 Å². The van der Waals surface area contributed by atoms with Crippen molar-refractivity contribution in [2.24, 2.45) is 0 Å². The summed E-state index contributed by atoms with van der Waals surface area (Å²) in [5.41, 5.74) is 6.88. The number of nitrogen functional groups attached to an aromatic ring is 1. The highest BCUT2D eigenvalue weighted by Gasteiger charge is 2.16. The number of hydrogen-bond acceptors (Lipinski definition) is 4. The Morgan fingerprint density at radius 2 is 2.06 bits per heavy atom. The molecule has 0 fully saturated rings. The van der Waals surface area contributed by atoms with E-state index in [0.29, 0.717) is 12.3 Å². The number of aliphatic hydroxyl groups is 1. The summed E-state index contributed by atoms with van der Waals surface area (Å²) in [6, 6.07) is 5.47. The van der Waals surface area contributed by atoms with Crippen LogP contribution in [0, 0.1) is 0 Å². The fourth-order valence-electron chi connectivity index (χ4n) is 1.37. The number of nitrogens with one attached hydrogen (secondary N) is 1. The van der Waals surface area contributed by atoms with E-state index in [1.54, 1.807) is 6.07 Å². The van der Waals surface area contributed by atoms with Gasteiger partial charge in [-0.15, -0.1) is 0 Å².